The van der Waals surface area contributed by atoms with Gasteiger partial charge in [-0.3, -0.25) is 0 Å². The molecule has 0 aromatic heterocycles. The molecule has 2 nitrogen and oxygen atoms in total. The van der Waals surface area contributed by atoms with E-state index in [9.17, 15) is 0 Å². The molecular weight excluding hydrogens is 326 g/mol. The van der Waals surface area contributed by atoms with E-state index < -0.39 is 0 Å². The van der Waals surface area contributed by atoms with Gasteiger partial charge in [-0.05, 0) is 63.5 Å². The Balaban J connectivity index is 2.07. The predicted molar refractivity (Wildman–Crippen MR) is 92.8 cm³/mol. The Morgan fingerprint density at radius 3 is 2.52 bits per heavy atom. The summed E-state index contributed by atoms with van der Waals surface area (Å²) < 4.78 is 6.73. The highest BCUT2D eigenvalue weighted by molar-refractivity contribution is 9.10. The molecule has 1 fully saturated rings. The maximum Gasteiger partial charge on any atom is 0.0468 e. The molecule has 1 N–H and O–H groups in total. The van der Waals surface area contributed by atoms with Crippen LogP contribution in [0.15, 0.2) is 28.7 Å². The van der Waals surface area contributed by atoms with Gasteiger partial charge in [0.2, 0.25) is 0 Å². The van der Waals surface area contributed by atoms with Gasteiger partial charge in [-0.1, -0.05) is 34.1 Å². The fourth-order valence-electron chi connectivity index (χ4n) is 2.94. The number of ether oxygens (including phenoxy) is 1. The number of hydrogen-bond acceptors (Lipinski definition) is 2. The smallest absolute Gasteiger partial charge is 0.0468 e. The Hall–Kier alpha value is -0.380. The van der Waals surface area contributed by atoms with Crippen molar-refractivity contribution in [3.05, 3.63) is 34.3 Å². The van der Waals surface area contributed by atoms with Gasteiger partial charge in [0, 0.05) is 29.8 Å². The van der Waals surface area contributed by atoms with Gasteiger partial charge < -0.3 is 10.1 Å². The first-order valence-electron chi connectivity index (χ1n) is 8.03. The van der Waals surface area contributed by atoms with Crippen LogP contribution in [0.25, 0.3) is 0 Å². The molecule has 0 spiro atoms. The normalized spacial score (nSPS) is 18.7. The molecule has 0 saturated carbocycles. The molecule has 3 heteroatoms. The standard InChI is InChI=1S/C18H28BrNO/c1-18(2,3)20-13-15(12-14-8-10-21-11-9-14)16-6-4-5-7-17(16)19/h4-7,14-15,20H,8-13H2,1-3H3. The van der Waals surface area contributed by atoms with Crippen molar-refractivity contribution in [1.29, 1.82) is 0 Å². The molecule has 118 valence electrons. The minimum absolute atomic E-state index is 0.162. The quantitative estimate of drug-likeness (QED) is 0.825. The number of halogens is 1. The molecule has 1 aliphatic rings. The van der Waals surface area contributed by atoms with E-state index in [0.717, 1.165) is 25.7 Å². The van der Waals surface area contributed by atoms with Crippen molar-refractivity contribution in [3.63, 3.8) is 0 Å². The van der Waals surface area contributed by atoms with Gasteiger partial charge in [0.1, 0.15) is 0 Å². The van der Waals surface area contributed by atoms with Crippen LogP contribution < -0.4 is 5.32 Å². The maximum atomic E-state index is 5.50. The van der Waals surface area contributed by atoms with Crippen molar-refractivity contribution in [2.45, 2.75) is 51.5 Å². The van der Waals surface area contributed by atoms with Gasteiger partial charge in [-0.15, -0.1) is 0 Å². The number of rotatable bonds is 5. The van der Waals surface area contributed by atoms with E-state index in [2.05, 4.69) is 66.3 Å². The van der Waals surface area contributed by atoms with Crippen LogP contribution >= 0.6 is 15.9 Å². The van der Waals surface area contributed by atoms with Crippen molar-refractivity contribution in [2.75, 3.05) is 19.8 Å². The molecule has 0 aliphatic carbocycles. The zero-order valence-electron chi connectivity index (χ0n) is 13.5. The SMILES string of the molecule is CC(C)(C)NCC(CC1CCOCC1)c1ccccc1Br. The minimum Gasteiger partial charge on any atom is -0.381 e. The summed E-state index contributed by atoms with van der Waals surface area (Å²) in [7, 11) is 0. The molecule has 1 unspecified atom stereocenters. The highest BCUT2D eigenvalue weighted by Crippen LogP contribution is 2.33. The van der Waals surface area contributed by atoms with Gasteiger partial charge in [0.05, 0.1) is 0 Å². The summed E-state index contributed by atoms with van der Waals surface area (Å²) >= 11 is 3.73. The van der Waals surface area contributed by atoms with Crippen LogP contribution in [-0.2, 0) is 4.74 Å². The second-order valence-electron chi connectivity index (χ2n) is 7.14. The van der Waals surface area contributed by atoms with E-state index in [1.54, 1.807) is 0 Å². The lowest BCUT2D eigenvalue weighted by molar-refractivity contribution is 0.0614. The molecule has 1 aliphatic heterocycles. The van der Waals surface area contributed by atoms with Crippen molar-refractivity contribution >= 4 is 15.9 Å². The summed E-state index contributed by atoms with van der Waals surface area (Å²) in [5.41, 5.74) is 1.59. The molecule has 1 heterocycles. The second-order valence-corrected chi connectivity index (χ2v) is 8.00. The van der Waals surface area contributed by atoms with Crippen LogP contribution in [0.3, 0.4) is 0 Å². The molecule has 1 aromatic carbocycles. The Bertz CT molecular complexity index is 435. The molecule has 0 bridgehead atoms. The van der Waals surface area contributed by atoms with Crippen LogP contribution in [-0.4, -0.2) is 25.3 Å². The van der Waals surface area contributed by atoms with Crippen molar-refractivity contribution < 1.29 is 4.74 Å². The zero-order valence-corrected chi connectivity index (χ0v) is 15.1. The molecule has 1 aromatic rings. The van der Waals surface area contributed by atoms with Crippen LogP contribution in [0.2, 0.25) is 0 Å². The summed E-state index contributed by atoms with van der Waals surface area (Å²) in [4.78, 5) is 0. The largest absolute Gasteiger partial charge is 0.381 e. The number of hydrogen-bond donors (Lipinski definition) is 1. The summed E-state index contributed by atoms with van der Waals surface area (Å²) in [6.07, 6.45) is 3.65. The van der Waals surface area contributed by atoms with Gasteiger partial charge in [-0.25, -0.2) is 0 Å². The third-order valence-electron chi connectivity index (χ3n) is 4.18. The average Bonchev–Trinajstić information content (AvgIpc) is 2.44. The topological polar surface area (TPSA) is 21.3 Å². The molecule has 2 rings (SSSR count). The van der Waals surface area contributed by atoms with Crippen molar-refractivity contribution in [2.24, 2.45) is 5.92 Å². The van der Waals surface area contributed by atoms with Gasteiger partial charge in [0.25, 0.3) is 0 Å². The molecular formula is C18H28BrNO. The Labute approximate surface area is 137 Å². The second kappa shape index (κ2) is 7.75. The third-order valence-corrected chi connectivity index (χ3v) is 4.90. The molecule has 0 radical (unpaired) electrons. The fraction of sp³-hybridized carbons (Fsp3) is 0.667. The van der Waals surface area contributed by atoms with Crippen LogP contribution in [0.1, 0.15) is 51.5 Å². The highest BCUT2D eigenvalue weighted by atomic mass is 79.9. The first kappa shape index (κ1) is 17.0. The average molecular weight is 354 g/mol. The molecule has 0 amide bonds. The fourth-order valence-corrected chi connectivity index (χ4v) is 3.55. The van der Waals surface area contributed by atoms with Crippen molar-refractivity contribution in [1.82, 2.24) is 5.32 Å². The Morgan fingerprint density at radius 2 is 1.90 bits per heavy atom. The van der Waals surface area contributed by atoms with Crippen molar-refractivity contribution in [3.8, 4) is 0 Å². The monoisotopic (exact) mass is 353 g/mol. The number of benzene rings is 1. The summed E-state index contributed by atoms with van der Waals surface area (Å²) in [5, 5.41) is 3.69. The Kier molecular flexibility index (Phi) is 6.27. The zero-order chi connectivity index (χ0) is 15.3. The van der Waals surface area contributed by atoms with Crippen LogP contribution in [0.5, 0.6) is 0 Å². The summed E-state index contributed by atoms with van der Waals surface area (Å²) in [6, 6.07) is 8.66. The maximum absolute atomic E-state index is 5.50. The lowest BCUT2D eigenvalue weighted by atomic mass is 9.84. The van der Waals surface area contributed by atoms with Gasteiger partial charge in [0.15, 0.2) is 0 Å². The first-order valence-corrected chi connectivity index (χ1v) is 8.82. The van der Waals surface area contributed by atoms with E-state index in [1.165, 1.54) is 29.3 Å². The molecule has 1 saturated heterocycles. The van der Waals surface area contributed by atoms with Gasteiger partial charge in [-0.2, -0.15) is 0 Å². The molecule has 21 heavy (non-hydrogen) atoms. The van der Waals surface area contributed by atoms with E-state index in [-0.39, 0.29) is 5.54 Å². The molecule has 1 atom stereocenters. The summed E-state index contributed by atoms with van der Waals surface area (Å²) in [6.45, 7) is 9.60. The summed E-state index contributed by atoms with van der Waals surface area (Å²) in [5.74, 6) is 1.35. The lowest BCUT2D eigenvalue weighted by Crippen LogP contribution is -2.39. The van der Waals surface area contributed by atoms with E-state index in [4.69, 9.17) is 4.74 Å². The lowest BCUT2D eigenvalue weighted by Gasteiger charge is -2.30. The van der Waals surface area contributed by atoms with E-state index in [0.29, 0.717) is 5.92 Å². The Morgan fingerprint density at radius 1 is 1.24 bits per heavy atom. The van der Waals surface area contributed by atoms with Crippen LogP contribution in [0.4, 0.5) is 0 Å². The number of nitrogens with one attached hydrogen (secondary N) is 1. The van der Waals surface area contributed by atoms with E-state index in [1.807, 2.05) is 0 Å². The minimum atomic E-state index is 0.162. The van der Waals surface area contributed by atoms with Crippen LogP contribution in [0, 0.1) is 5.92 Å². The third kappa shape index (κ3) is 5.72. The van der Waals surface area contributed by atoms with Gasteiger partial charge >= 0.3 is 0 Å². The predicted octanol–water partition coefficient (Wildman–Crippen LogP) is 4.74. The highest BCUT2D eigenvalue weighted by Gasteiger charge is 2.23. The first-order chi connectivity index (χ1) is 9.96. The van der Waals surface area contributed by atoms with E-state index >= 15 is 0 Å².